The molecule has 0 saturated carbocycles. The highest BCUT2D eigenvalue weighted by Gasteiger charge is 1.91. The molecule has 0 spiro atoms. The fraction of sp³-hybridized carbons (Fsp3) is 0.357. The zero-order valence-corrected chi connectivity index (χ0v) is 12.2. The van der Waals surface area contributed by atoms with Crippen LogP contribution < -0.4 is 10.9 Å². The molecule has 20 heavy (non-hydrogen) atoms. The van der Waals surface area contributed by atoms with Crippen LogP contribution in [0.25, 0.3) is 6.08 Å². The zero-order valence-electron chi connectivity index (χ0n) is 12.2. The van der Waals surface area contributed by atoms with Gasteiger partial charge in [0.2, 0.25) is 0 Å². The van der Waals surface area contributed by atoms with Gasteiger partial charge in [-0.1, -0.05) is 12.1 Å². The predicted octanol–water partition coefficient (Wildman–Crippen LogP) is 1.95. The molecule has 1 aromatic carbocycles. The molecule has 0 aliphatic carbocycles. The van der Waals surface area contributed by atoms with Crippen molar-refractivity contribution in [1.29, 1.82) is 0 Å². The lowest BCUT2D eigenvalue weighted by molar-refractivity contribution is -0.131. The second-order valence-electron chi connectivity index (χ2n) is 3.08. The Bertz CT molecular complexity index is 347. The standard InChI is InChI=1S/C10H10O3.2C2H6O.H3N/c1-13-9-5-2-8(3-6-9)4-7-10(11)12;2*1-2-3;/h2-7H,1H3,(H,11,12);2*3H,2H2,1H3;1H3. The molecular weight excluding hydrogens is 262 g/mol. The average Bonchev–Trinajstić information content (AvgIpc) is 2.39. The van der Waals surface area contributed by atoms with Gasteiger partial charge in [-0.15, -0.1) is 0 Å². The van der Waals surface area contributed by atoms with Crippen molar-refractivity contribution in [3.8, 4) is 5.75 Å². The van der Waals surface area contributed by atoms with Gasteiger partial charge < -0.3 is 26.2 Å². The maximum absolute atomic E-state index is 10.2. The summed E-state index contributed by atoms with van der Waals surface area (Å²) in [6.07, 6.45) is 2.63. The van der Waals surface area contributed by atoms with Crippen LogP contribution in [0, 0.1) is 0 Å². The maximum atomic E-state index is 10.2. The molecule has 0 radical (unpaired) electrons. The van der Waals surface area contributed by atoms with E-state index in [2.05, 4.69) is 0 Å². The monoisotopic (exact) mass is 287 g/mol. The second-order valence-corrected chi connectivity index (χ2v) is 3.08. The van der Waals surface area contributed by atoms with Gasteiger partial charge in [0.15, 0.2) is 0 Å². The van der Waals surface area contributed by atoms with Crippen LogP contribution in [0.2, 0.25) is 0 Å². The first-order valence-corrected chi connectivity index (χ1v) is 5.82. The van der Waals surface area contributed by atoms with Crippen molar-refractivity contribution < 1.29 is 24.9 Å². The van der Waals surface area contributed by atoms with Crippen molar-refractivity contribution >= 4 is 12.0 Å². The Balaban J connectivity index is -0.000000356. The molecule has 6 N–H and O–H groups in total. The molecule has 1 aromatic rings. The molecule has 0 saturated heterocycles. The van der Waals surface area contributed by atoms with Crippen molar-refractivity contribution in [2.45, 2.75) is 13.8 Å². The number of aliphatic hydroxyl groups is 2. The largest absolute Gasteiger partial charge is 0.497 e. The van der Waals surface area contributed by atoms with Gasteiger partial charge in [-0.2, -0.15) is 0 Å². The number of ether oxygens (including phenoxy) is 1. The van der Waals surface area contributed by atoms with Crippen molar-refractivity contribution in [2.75, 3.05) is 20.3 Å². The van der Waals surface area contributed by atoms with E-state index < -0.39 is 5.97 Å². The summed E-state index contributed by atoms with van der Waals surface area (Å²) in [4.78, 5) is 10.2. The fourth-order valence-electron chi connectivity index (χ4n) is 0.883. The Morgan fingerprint density at radius 2 is 1.55 bits per heavy atom. The van der Waals surface area contributed by atoms with E-state index in [1.54, 1.807) is 45.2 Å². The third-order valence-electron chi connectivity index (χ3n) is 1.53. The van der Waals surface area contributed by atoms with Gasteiger partial charge >= 0.3 is 5.97 Å². The Kier molecular flexibility index (Phi) is 19.9. The van der Waals surface area contributed by atoms with Crippen LogP contribution in [0.15, 0.2) is 30.3 Å². The first-order valence-electron chi connectivity index (χ1n) is 5.82. The van der Waals surface area contributed by atoms with Crippen LogP contribution in [0.3, 0.4) is 0 Å². The zero-order chi connectivity index (χ0) is 15.1. The van der Waals surface area contributed by atoms with Gasteiger partial charge in [0.25, 0.3) is 0 Å². The predicted molar refractivity (Wildman–Crippen MR) is 80.2 cm³/mol. The van der Waals surface area contributed by atoms with Gasteiger partial charge in [-0.05, 0) is 37.6 Å². The van der Waals surface area contributed by atoms with Gasteiger partial charge in [-0.3, -0.25) is 0 Å². The van der Waals surface area contributed by atoms with E-state index in [0.29, 0.717) is 0 Å². The Morgan fingerprint density at radius 1 is 1.15 bits per heavy atom. The highest BCUT2D eigenvalue weighted by molar-refractivity contribution is 5.85. The lowest BCUT2D eigenvalue weighted by atomic mass is 10.2. The van der Waals surface area contributed by atoms with Crippen molar-refractivity contribution in [3.63, 3.8) is 0 Å². The molecule has 0 aliphatic rings. The van der Waals surface area contributed by atoms with E-state index in [-0.39, 0.29) is 19.4 Å². The molecule has 0 aromatic heterocycles. The van der Waals surface area contributed by atoms with E-state index in [9.17, 15) is 4.79 Å². The van der Waals surface area contributed by atoms with Crippen molar-refractivity contribution in [1.82, 2.24) is 6.15 Å². The van der Waals surface area contributed by atoms with Crippen LogP contribution in [-0.2, 0) is 4.79 Å². The molecule has 0 amide bonds. The number of aliphatic carboxylic acids is 1. The molecule has 1 rings (SSSR count). The third-order valence-corrected chi connectivity index (χ3v) is 1.53. The first-order chi connectivity index (χ1) is 9.05. The van der Waals surface area contributed by atoms with E-state index in [1.807, 2.05) is 0 Å². The van der Waals surface area contributed by atoms with Crippen LogP contribution in [0.5, 0.6) is 5.75 Å². The molecule has 0 bridgehead atoms. The SMILES string of the molecule is CCO.CCO.COc1ccc(C=CC(=O)O)cc1.N. The molecule has 6 heteroatoms. The molecule has 0 atom stereocenters. The van der Waals surface area contributed by atoms with Gasteiger partial charge in [0.1, 0.15) is 5.75 Å². The van der Waals surface area contributed by atoms with E-state index >= 15 is 0 Å². The average molecular weight is 287 g/mol. The number of methoxy groups -OCH3 is 1. The van der Waals surface area contributed by atoms with Gasteiger partial charge in [0, 0.05) is 19.3 Å². The summed E-state index contributed by atoms with van der Waals surface area (Å²) in [5.41, 5.74) is 0.836. The summed E-state index contributed by atoms with van der Waals surface area (Å²) in [6.45, 7) is 3.86. The summed E-state index contributed by atoms with van der Waals surface area (Å²) in [6, 6.07) is 7.14. The number of rotatable bonds is 3. The molecule has 116 valence electrons. The minimum Gasteiger partial charge on any atom is -0.497 e. The highest BCUT2D eigenvalue weighted by atomic mass is 16.5. The van der Waals surface area contributed by atoms with Crippen LogP contribution in [-0.4, -0.2) is 41.6 Å². The minimum absolute atomic E-state index is 0. The smallest absolute Gasteiger partial charge is 0.328 e. The van der Waals surface area contributed by atoms with E-state index in [4.69, 9.17) is 20.1 Å². The van der Waals surface area contributed by atoms with Crippen LogP contribution >= 0.6 is 0 Å². The minimum atomic E-state index is -0.948. The third kappa shape index (κ3) is 16.1. The molecule has 0 heterocycles. The highest BCUT2D eigenvalue weighted by Crippen LogP contribution is 2.11. The molecular formula is C14H25NO5. The Hall–Kier alpha value is -1.89. The first kappa shape index (κ1) is 23.2. The van der Waals surface area contributed by atoms with Crippen LogP contribution in [0.4, 0.5) is 0 Å². The van der Waals surface area contributed by atoms with E-state index in [0.717, 1.165) is 17.4 Å². The summed E-state index contributed by atoms with van der Waals surface area (Å²) in [5, 5.41) is 23.5. The number of hydrogen-bond acceptors (Lipinski definition) is 5. The maximum Gasteiger partial charge on any atom is 0.328 e. The van der Waals surface area contributed by atoms with Gasteiger partial charge in [-0.25, -0.2) is 4.79 Å². The number of carboxylic acids is 1. The summed E-state index contributed by atoms with van der Waals surface area (Å²) < 4.78 is 4.95. The lowest BCUT2D eigenvalue weighted by Crippen LogP contribution is -1.86. The molecule has 0 fully saturated rings. The topological polar surface area (TPSA) is 122 Å². The Labute approximate surface area is 119 Å². The quantitative estimate of drug-likeness (QED) is 0.630. The van der Waals surface area contributed by atoms with Gasteiger partial charge in [0.05, 0.1) is 7.11 Å². The van der Waals surface area contributed by atoms with E-state index in [1.165, 1.54) is 6.08 Å². The number of carboxylic acid groups (broad SMARTS) is 1. The summed E-state index contributed by atoms with van der Waals surface area (Å²) >= 11 is 0. The number of carbonyl (C=O) groups is 1. The molecule has 0 unspecified atom stereocenters. The molecule has 0 aliphatic heterocycles. The Morgan fingerprint density at radius 3 is 1.85 bits per heavy atom. The number of aliphatic hydroxyl groups excluding tert-OH is 2. The molecule has 6 nitrogen and oxygen atoms in total. The number of hydrogen-bond donors (Lipinski definition) is 4. The lowest BCUT2D eigenvalue weighted by Gasteiger charge is -1.98. The number of benzene rings is 1. The van der Waals surface area contributed by atoms with Crippen molar-refractivity contribution in [2.24, 2.45) is 0 Å². The second kappa shape index (κ2) is 17.1. The fourth-order valence-corrected chi connectivity index (χ4v) is 0.883. The summed E-state index contributed by atoms with van der Waals surface area (Å²) in [5.74, 6) is -0.191. The summed E-state index contributed by atoms with van der Waals surface area (Å²) in [7, 11) is 1.59. The van der Waals surface area contributed by atoms with Crippen molar-refractivity contribution in [3.05, 3.63) is 35.9 Å². The van der Waals surface area contributed by atoms with Crippen LogP contribution in [0.1, 0.15) is 19.4 Å². The normalized spacial score (nSPS) is 8.45.